The largest absolute Gasteiger partial charge is 0.490 e. The van der Waals surface area contributed by atoms with Gasteiger partial charge in [0.25, 0.3) is 0 Å². The van der Waals surface area contributed by atoms with E-state index in [0.717, 1.165) is 5.56 Å². The molecule has 1 aliphatic rings. The third kappa shape index (κ3) is 2.61. The first-order valence-corrected chi connectivity index (χ1v) is 7.31. The summed E-state index contributed by atoms with van der Waals surface area (Å²) in [5.74, 6) is 1.77. The van der Waals surface area contributed by atoms with Gasteiger partial charge in [-0.25, -0.2) is 4.68 Å². The van der Waals surface area contributed by atoms with E-state index in [0.29, 0.717) is 37.1 Å². The predicted molar refractivity (Wildman–Crippen MR) is 80.2 cm³/mol. The highest BCUT2D eigenvalue weighted by atomic mass is 16.5. The van der Waals surface area contributed by atoms with Crippen molar-refractivity contribution in [2.45, 2.75) is 26.3 Å². The number of fused-ring (bicyclic) bond motifs is 1. The van der Waals surface area contributed by atoms with Crippen LogP contribution in [-0.2, 0) is 4.79 Å². The van der Waals surface area contributed by atoms with Gasteiger partial charge in [-0.3, -0.25) is 10.1 Å². The maximum Gasteiger partial charge on any atom is 0.229 e. The number of benzene rings is 1. The summed E-state index contributed by atoms with van der Waals surface area (Å²) < 4.78 is 12.9. The fraction of sp³-hybridized carbons (Fsp3) is 0.400. The molecule has 0 fully saturated rings. The monoisotopic (exact) mass is 302 g/mol. The summed E-state index contributed by atoms with van der Waals surface area (Å²) in [6.45, 7) is 4.96. The molecule has 7 heteroatoms. The summed E-state index contributed by atoms with van der Waals surface area (Å²) in [6.07, 6.45) is 1.75. The second-order valence-electron chi connectivity index (χ2n) is 4.87. The van der Waals surface area contributed by atoms with Gasteiger partial charge in [0.2, 0.25) is 11.9 Å². The van der Waals surface area contributed by atoms with E-state index in [-0.39, 0.29) is 11.9 Å². The third-order valence-electron chi connectivity index (χ3n) is 3.45. The first-order valence-electron chi connectivity index (χ1n) is 7.31. The molecule has 0 radical (unpaired) electrons. The van der Waals surface area contributed by atoms with Gasteiger partial charge < -0.3 is 9.47 Å². The molecular weight excluding hydrogens is 284 g/mol. The predicted octanol–water partition coefficient (Wildman–Crippen LogP) is 2.01. The molecule has 0 spiro atoms. The van der Waals surface area contributed by atoms with Crippen molar-refractivity contribution in [2.75, 3.05) is 18.5 Å². The Kier molecular flexibility index (Phi) is 3.95. The number of hydrogen-bond acceptors (Lipinski definition) is 5. The minimum Gasteiger partial charge on any atom is -0.490 e. The van der Waals surface area contributed by atoms with Gasteiger partial charge in [-0.05, 0) is 31.5 Å². The minimum atomic E-state index is -0.193. The maximum absolute atomic E-state index is 11.8. The van der Waals surface area contributed by atoms with Crippen molar-refractivity contribution in [3.05, 3.63) is 30.1 Å². The van der Waals surface area contributed by atoms with Crippen molar-refractivity contribution in [3.63, 3.8) is 0 Å². The summed E-state index contributed by atoms with van der Waals surface area (Å²) in [4.78, 5) is 15.9. The molecule has 1 atom stereocenters. The first kappa shape index (κ1) is 14.4. The standard InChI is InChI=1S/C15H18N4O3/c1-3-21-12-6-5-10(7-13(12)22-4-2)11-8-14(20)18-15-16-9-17-19(11)15/h5-7,9,11H,3-4,8H2,1-2H3,(H,16,17,18,20)/t11-/m0/s1. The molecule has 0 saturated carbocycles. The Balaban J connectivity index is 1.98. The highest BCUT2D eigenvalue weighted by molar-refractivity contribution is 5.91. The lowest BCUT2D eigenvalue weighted by Crippen LogP contribution is -2.29. The molecule has 116 valence electrons. The van der Waals surface area contributed by atoms with Crippen molar-refractivity contribution in [1.82, 2.24) is 14.8 Å². The number of carbonyl (C=O) groups is 1. The van der Waals surface area contributed by atoms with Crippen molar-refractivity contribution >= 4 is 11.9 Å². The minimum absolute atomic E-state index is 0.0719. The number of hydrogen-bond donors (Lipinski definition) is 1. The van der Waals surface area contributed by atoms with Gasteiger partial charge in [0.05, 0.1) is 25.7 Å². The smallest absolute Gasteiger partial charge is 0.229 e. The molecular formula is C15H18N4O3. The molecule has 3 rings (SSSR count). The average molecular weight is 302 g/mol. The van der Waals surface area contributed by atoms with Crippen LogP contribution in [0.4, 0.5) is 5.95 Å². The zero-order valence-electron chi connectivity index (χ0n) is 12.6. The van der Waals surface area contributed by atoms with Gasteiger partial charge >= 0.3 is 0 Å². The third-order valence-corrected chi connectivity index (χ3v) is 3.45. The van der Waals surface area contributed by atoms with Crippen LogP contribution < -0.4 is 14.8 Å². The maximum atomic E-state index is 11.8. The highest BCUT2D eigenvalue weighted by Crippen LogP contribution is 2.35. The van der Waals surface area contributed by atoms with Crippen LogP contribution in [-0.4, -0.2) is 33.9 Å². The first-order chi connectivity index (χ1) is 10.7. The average Bonchev–Trinajstić information content (AvgIpc) is 2.97. The van der Waals surface area contributed by atoms with Crippen LogP contribution >= 0.6 is 0 Å². The molecule has 1 aromatic carbocycles. The fourth-order valence-corrected chi connectivity index (χ4v) is 2.54. The van der Waals surface area contributed by atoms with E-state index < -0.39 is 0 Å². The molecule has 7 nitrogen and oxygen atoms in total. The Labute approximate surface area is 128 Å². The van der Waals surface area contributed by atoms with E-state index in [1.807, 2.05) is 32.0 Å². The van der Waals surface area contributed by atoms with Gasteiger partial charge in [0.1, 0.15) is 6.33 Å². The summed E-state index contributed by atoms with van der Waals surface area (Å²) in [6, 6.07) is 5.51. The normalized spacial score (nSPS) is 16.8. The Morgan fingerprint density at radius 3 is 2.82 bits per heavy atom. The second-order valence-corrected chi connectivity index (χ2v) is 4.87. The van der Waals surface area contributed by atoms with Gasteiger partial charge in [-0.2, -0.15) is 10.1 Å². The molecule has 0 aliphatic carbocycles. The zero-order chi connectivity index (χ0) is 15.5. The van der Waals surface area contributed by atoms with Gasteiger partial charge in [0, 0.05) is 0 Å². The number of rotatable bonds is 5. The summed E-state index contributed by atoms with van der Waals surface area (Å²) in [5.41, 5.74) is 0.938. The number of anilines is 1. The van der Waals surface area contributed by atoms with Crippen LogP contribution in [0.3, 0.4) is 0 Å². The number of aromatic nitrogens is 3. The Hall–Kier alpha value is -2.57. The van der Waals surface area contributed by atoms with Crippen molar-refractivity contribution in [2.24, 2.45) is 0 Å². The number of ether oxygens (including phenoxy) is 2. The van der Waals surface area contributed by atoms with E-state index >= 15 is 0 Å². The molecule has 2 heterocycles. The van der Waals surface area contributed by atoms with E-state index in [2.05, 4.69) is 15.4 Å². The SMILES string of the molecule is CCOc1ccc([C@@H]2CC(=O)Nc3ncnn32)cc1OCC. The van der Waals surface area contributed by atoms with Crippen molar-refractivity contribution in [3.8, 4) is 11.5 Å². The van der Waals surface area contributed by atoms with Gasteiger partial charge in [-0.1, -0.05) is 6.07 Å². The van der Waals surface area contributed by atoms with Crippen LogP contribution in [0.15, 0.2) is 24.5 Å². The number of carbonyl (C=O) groups excluding carboxylic acids is 1. The number of nitrogens with zero attached hydrogens (tertiary/aromatic N) is 3. The lowest BCUT2D eigenvalue weighted by molar-refractivity contribution is -0.117. The van der Waals surface area contributed by atoms with E-state index in [1.54, 1.807) is 4.68 Å². The fourth-order valence-electron chi connectivity index (χ4n) is 2.54. The molecule has 2 aromatic rings. The Morgan fingerprint density at radius 2 is 2.05 bits per heavy atom. The highest BCUT2D eigenvalue weighted by Gasteiger charge is 2.28. The molecule has 1 amide bonds. The van der Waals surface area contributed by atoms with Crippen LogP contribution in [0.25, 0.3) is 0 Å². The van der Waals surface area contributed by atoms with Crippen LogP contribution in [0.1, 0.15) is 31.9 Å². The summed E-state index contributed by atoms with van der Waals surface area (Å²) >= 11 is 0. The molecule has 0 saturated heterocycles. The van der Waals surface area contributed by atoms with E-state index in [9.17, 15) is 4.79 Å². The van der Waals surface area contributed by atoms with Crippen molar-refractivity contribution < 1.29 is 14.3 Å². The summed E-state index contributed by atoms with van der Waals surface area (Å²) in [5, 5.41) is 6.91. The van der Waals surface area contributed by atoms with E-state index in [1.165, 1.54) is 6.33 Å². The molecule has 0 bridgehead atoms. The number of nitrogens with one attached hydrogen (secondary N) is 1. The van der Waals surface area contributed by atoms with Gasteiger partial charge in [0.15, 0.2) is 11.5 Å². The van der Waals surface area contributed by atoms with Crippen LogP contribution in [0.2, 0.25) is 0 Å². The second kappa shape index (κ2) is 6.05. The lowest BCUT2D eigenvalue weighted by Gasteiger charge is -2.24. The topological polar surface area (TPSA) is 78.3 Å². The molecule has 1 N–H and O–H groups in total. The number of amides is 1. The molecule has 1 aromatic heterocycles. The van der Waals surface area contributed by atoms with Crippen molar-refractivity contribution in [1.29, 1.82) is 0 Å². The van der Waals surface area contributed by atoms with Crippen LogP contribution in [0.5, 0.6) is 11.5 Å². The van der Waals surface area contributed by atoms with E-state index in [4.69, 9.17) is 9.47 Å². The van der Waals surface area contributed by atoms with Crippen LogP contribution in [0, 0.1) is 0 Å². The molecule has 1 aliphatic heterocycles. The quantitative estimate of drug-likeness (QED) is 0.914. The molecule has 0 unspecified atom stereocenters. The zero-order valence-corrected chi connectivity index (χ0v) is 12.6. The Morgan fingerprint density at radius 1 is 1.27 bits per heavy atom. The summed E-state index contributed by atoms with van der Waals surface area (Å²) in [7, 11) is 0. The lowest BCUT2D eigenvalue weighted by atomic mass is 10.0. The van der Waals surface area contributed by atoms with Gasteiger partial charge in [-0.15, -0.1) is 0 Å². The Bertz CT molecular complexity index is 683. The molecule has 22 heavy (non-hydrogen) atoms.